The highest BCUT2D eigenvalue weighted by molar-refractivity contribution is 5.57. The lowest BCUT2D eigenvalue weighted by molar-refractivity contribution is 0.114. The van der Waals surface area contributed by atoms with Crippen LogP contribution in [0, 0.1) is 0 Å². The van der Waals surface area contributed by atoms with E-state index in [0.29, 0.717) is 12.6 Å². The molecule has 18 heavy (non-hydrogen) atoms. The molecular formula is C15H22N2O. The third-order valence-electron chi connectivity index (χ3n) is 3.31. The number of rotatable bonds is 4. The molecule has 0 saturated carbocycles. The van der Waals surface area contributed by atoms with Crippen molar-refractivity contribution < 1.29 is 4.74 Å². The fourth-order valence-electron chi connectivity index (χ4n) is 2.20. The van der Waals surface area contributed by atoms with E-state index in [0.717, 1.165) is 37.2 Å². The predicted octanol–water partition coefficient (Wildman–Crippen LogP) is 2.13. The topological polar surface area (TPSA) is 38.5 Å². The summed E-state index contributed by atoms with van der Waals surface area (Å²) in [4.78, 5) is 2.35. The number of hydrogen-bond acceptors (Lipinski definition) is 3. The van der Waals surface area contributed by atoms with Crippen LogP contribution in [0.1, 0.15) is 18.4 Å². The second-order valence-corrected chi connectivity index (χ2v) is 4.80. The Labute approximate surface area is 109 Å². The molecule has 0 atom stereocenters. The Morgan fingerprint density at radius 3 is 2.78 bits per heavy atom. The van der Waals surface area contributed by atoms with Gasteiger partial charge in [0, 0.05) is 25.2 Å². The molecule has 1 fully saturated rings. The lowest BCUT2D eigenvalue weighted by Crippen LogP contribution is -2.35. The van der Waals surface area contributed by atoms with Crippen LogP contribution in [0.4, 0.5) is 0 Å². The van der Waals surface area contributed by atoms with E-state index in [1.54, 1.807) is 0 Å². The van der Waals surface area contributed by atoms with Crippen molar-refractivity contribution in [2.24, 2.45) is 5.73 Å². The van der Waals surface area contributed by atoms with Gasteiger partial charge in [-0.1, -0.05) is 30.4 Å². The van der Waals surface area contributed by atoms with Crippen molar-refractivity contribution >= 4 is 6.08 Å². The number of benzene rings is 1. The number of likely N-dealkylation sites (tertiary alicyclic amines) is 1. The molecule has 1 aromatic rings. The summed E-state index contributed by atoms with van der Waals surface area (Å²) < 4.78 is 6.11. The summed E-state index contributed by atoms with van der Waals surface area (Å²) in [7, 11) is 2.16. The van der Waals surface area contributed by atoms with Crippen molar-refractivity contribution in [3.8, 4) is 5.75 Å². The number of hydrogen-bond donors (Lipinski definition) is 1. The monoisotopic (exact) mass is 246 g/mol. The number of ether oxygens (including phenoxy) is 1. The Morgan fingerprint density at radius 2 is 2.06 bits per heavy atom. The van der Waals surface area contributed by atoms with Crippen LogP contribution >= 0.6 is 0 Å². The Balaban J connectivity index is 2.02. The number of para-hydroxylation sites is 1. The van der Waals surface area contributed by atoms with Crippen LogP contribution in [0.2, 0.25) is 0 Å². The van der Waals surface area contributed by atoms with Gasteiger partial charge in [-0.3, -0.25) is 0 Å². The zero-order chi connectivity index (χ0) is 12.8. The molecule has 2 N–H and O–H groups in total. The summed E-state index contributed by atoms with van der Waals surface area (Å²) in [6, 6.07) is 8.15. The molecule has 1 heterocycles. The maximum Gasteiger partial charge on any atom is 0.126 e. The molecule has 1 aliphatic rings. The second-order valence-electron chi connectivity index (χ2n) is 4.80. The van der Waals surface area contributed by atoms with Gasteiger partial charge < -0.3 is 15.4 Å². The fraction of sp³-hybridized carbons (Fsp3) is 0.467. The van der Waals surface area contributed by atoms with E-state index in [1.807, 2.05) is 30.4 Å². The highest BCUT2D eigenvalue weighted by atomic mass is 16.5. The highest BCUT2D eigenvalue weighted by Crippen LogP contribution is 2.23. The van der Waals surface area contributed by atoms with Gasteiger partial charge in [0.2, 0.25) is 0 Å². The van der Waals surface area contributed by atoms with Gasteiger partial charge in [0.1, 0.15) is 11.9 Å². The van der Waals surface area contributed by atoms with Crippen molar-refractivity contribution in [2.75, 3.05) is 26.7 Å². The molecule has 1 aromatic carbocycles. The second kappa shape index (κ2) is 6.57. The molecule has 0 spiro atoms. The molecule has 0 aromatic heterocycles. The summed E-state index contributed by atoms with van der Waals surface area (Å²) >= 11 is 0. The number of piperidine rings is 1. The van der Waals surface area contributed by atoms with E-state index >= 15 is 0 Å². The van der Waals surface area contributed by atoms with Crippen LogP contribution in [0.5, 0.6) is 5.75 Å². The molecule has 0 amide bonds. The van der Waals surface area contributed by atoms with E-state index < -0.39 is 0 Å². The lowest BCUT2D eigenvalue weighted by atomic mass is 10.1. The van der Waals surface area contributed by atoms with Crippen molar-refractivity contribution in [3.05, 3.63) is 35.9 Å². The average molecular weight is 246 g/mol. The maximum absolute atomic E-state index is 6.11. The summed E-state index contributed by atoms with van der Waals surface area (Å²) in [5.41, 5.74) is 6.61. The molecular weight excluding hydrogens is 224 g/mol. The third kappa shape index (κ3) is 3.59. The van der Waals surface area contributed by atoms with Crippen LogP contribution in [0.15, 0.2) is 30.3 Å². The van der Waals surface area contributed by atoms with Crippen molar-refractivity contribution in [1.29, 1.82) is 0 Å². The average Bonchev–Trinajstić information content (AvgIpc) is 2.40. The Hall–Kier alpha value is -1.32. The molecule has 3 heteroatoms. The minimum atomic E-state index is 0.341. The van der Waals surface area contributed by atoms with Gasteiger partial charge in [0.05, 0.1) is 0 Å². The molecule has 1 saturated heterocycles. The van der Waals surface area contributed by atoms with Gasteiger partial charge >= 0.3 is 0 Å². The minimum absolute atomic E-state index is 0.341. The Kier molecular flexibility index (Phi) is 4.79. The first-order valence-electron chi connectivity index (χ1n) is 6.60. The molecule has 0 aliphatic carbocycles. The Bertz CT molecular complexity index is 395. The largest absolute Gasteiger partial charge is 0.490 e. The van der Waals surface area contributed by atoms with E-state index in [9.17, 15) is 0 Å². The van der Waals surface area contributed by atoms with E-state index in [1.165, 1.54) is 0 Å². The summed E-state index contributed by atoms with van der Waals surface area (Å²) in [6.45, 7) is 2.79. The first-order chi connectivity index (χ1) is 8.79. The van der Waals surface area contributed by atoms with Gasteiger partial charge in [-0.05, 0) is 26.0 Å². The molecule has 98 valence electrons. The summed E-state index contributed by atoms with van der Waals surface area (Å²) in [6.07, 6.45) is 6.53. The summed E-state index contributed by atoms with van der Waals surface area (Å²) in [5.74, 6) is 0.969. The SMILES string of the molecule is CN1CCC(Oc2ccccc2/C=C/CN)CC1. The zero-order valence-electron chi connectivity index (χ0n) is 11.0. The summed E-state index contributed by atoms with van der Waals surface area (Å²) in [5, 5.41) is 0. The third-order valence-corrected chi connectivity index (χ3v) is 3.31. The van der Waals surface area contributed by atoms with E-state index in [-0.39, 0.29) is 0 Å². The molecule has 1 aliphatic heterocycles. The molecule has 2 rings (SSSR count). The molecule has 0 bridgehead atoms. The van der Waals surface area contributed by atoms with E-state index in [4.69, 9.17) is 10.5 Å². The van der Waals surface area contributed by atoms with Gasteiger partial charge in [-0.25, -0.2) is 0 Å². The van der Waals surface area contributed by atoms with Crippen LogP contribution in [0.3, 0.4) is 0 Å². The number of nitrogens with two attached hydrogens (primary N) is 1. The molecule has 0 unspecified atom stereocenters. The van der Waals surface area contributed by atoms with Gasteiger partial charge in [0.15, 0.2) is 0 Å². The highest BCUT2D eigenvalue weighted by Gasteiger charge is 2.18. The van der Waals surface area contributed by atoms with E-state index in [2.05, 4.69) is 18.0 Å². The van der Waals surface area contributed by atoms with Crippen molar-refractivity contribution in [3.63, 3.8) is 0 Å². The minimum Gasteiger partial charge on any atom is -0.490 e. The molecule has 3 nitrogen and oxygen atoms in total. The van der Waals surface area contributed by atoms with Gasteiger partial charge in [0.25, 0.3) is 0 Å². The smallest absolute Gasteiger partial charge is 0.126 e. The zero-order valence-corrected chi connectivity index (χ0v) is 11.0. The number of nitrogens with zero attached hydrogens (tertiary/aromatic N) is 1. The fourth-order valence-corrected chi connectivity index (χ4v) is 2.20. The quantitative estimate of drug-likeness (QED) is 0.884. The lowest BCUT2D eigenvalue weighted by Gasteiger charge is -2.29. The maximum atomic E-state index is 6.11. The first kappa shape index (κ1) is 13.1. The standard InChI is InChI=1S/C15H22N2O/c1-17-11-8-14(9-12-17)18-15-7-3-2-5-13(15)6-4-10-16/h2-7,14H,8-12,16H2,1H3/b6-4+. The predicted molar refractivity (Wildman–Crippen MR) is 75.7 cm³/mol. The Morgan fingerprint density at radius 1 is 1.33 bits per heavy atom. The van der Waals surface area contributed by atoms with Crippen molar-refractivity contribution in [1.82, 2.24) is 4.90 Å². The van der Waals surface area contributed by atoms with Crippen molar-refractivity contribution in [2.45, 2.75) is 18.9 Å². The van der Waals surface area contributed by atoms with Crippen LogP contribution in [-0.2, 0) is 0 Å². The first-order valence-corrected chi connectivity index (χ1v) is 6.60. The van der Waals surface area contributed by atoms with Crippen LogP contribution in [0.25, 0.3) is 6.08 Å². The van der Waals surface area contributed by atoms with Crippen LogP contribution < -0.4 is 10.5 Å². The van der Waals surface area contributed by atoms with Gasteiger partial charge in [-0.15, -0.1) is 0 Å². The normalized spacial score (nSPS) is 18.3. The van der Waals surface area contributed by atoms with Crippen LogP contribution in [-0.4, -0.2) is 37.7 Å². The molecule has 0 radical (unpaired) electrons. The van der Waals surface area contributed by atoms with Gasteiger partial charge in [-0.2, -0.15) is 0 Å².